The minimum atomic E-state index is -0.434. The molecule has 0 saturated carbocycles. The van der Waals surface area contributed by atoms with Gasteiger partial charge in [-0.1, -0.05) is 25.1 Å². The summed E-state index contributed by atoms with van der Waals surface area (Å²) in [5.41, 5.74) is 3.15. The van der Waals surface area contributed by atoms with Gasteiger partial charge in [-0.25, -0.2) is 9.37 Å². The van der Waals surface area contributed by atoms with Crippen molar-refractivity contribution < 1.29 is 9.18 Å². The summed E-state index contributed by atoms with van der Waals surface area (Å²) in [7, 11) is 0. The number of ketones is 1. The minimum Gasteiger partial charge on any atom is -0.371 e. The van der Waals surface area contributed by atoms with Crippen LogP contribution in [0.15, 0.2) is 42.5 Å². The molecule has 2 heterocycles. The Hall–Kier alpha value is -2.69. The van der Waals surface area contributed by atoms with Gasteiger partial charge in [0.2, 0.25) is 0 Å². The summed E-state index contributed by atoms with van der Waals surface area (Å²) >= 11 is 0. The van der Waals surface area contributed by atoms with E-state index < -0.39 is 5.82 Å². The first-order valence-electron chi connectivity index (χ1n) is 9.60. The third-order valence-electron chi connectivity index (χ3n) is 5.50. The van der Waals surface area contributed by atoms with Gasteiger partial charge in [-0.05, 0) is 44.0 Å². The summed E-state index contributed by atoms with van der Waals surface area (Å²) in [6, 6.07) is 13.5. The van der Waals surface area contributed by atoms with Gasteiger partial charge < -0.3 is 9.47 Å². The highest BCUT2D eigenvalue weighted by molar-refractivity contribution is 6.00. The lowest BCUT2D eigenvalue weighted by Gasteiger charge is -2.35. The van der Waals surface area contributed by atoms with Gasteiger partial charge in [-0.15, -0.1) is 0 Å². The average Bonchev–Trinajstić information content (AvgIpc) is 3.06. The summed E-state index contributed by atoms with van der Waals surface area (Å²) in [6.07, 6.45) is 2.79. The molecule has 0 spiro atoms. The largest absolute Gasteiger partial charge is 0.371 e. The van der Waals surface area contributed by atoms with Gasteiger partial charge >= 0.3 is 0 Å². The molecule has 3 aromatic rings. The Bertz CT molecular complexity index is 986. The van der Waals surface area contributed by atoms with E-state index in [4.69, 9.17) is 4.98 Å². The molecular formula is C22H24FN3O. The highest BCUT2D eigenvalue weighted by atomic mass is 19.1. The van der Waals surface area contributed by atoms with Crippen molar-refractivity contribution in [1.29, 1.82) is 0 Å². The van der Waals surface area contributed by atoms with Crippen LogP contribution in [0.1, 0.15) is 48.9 Å². The maximum Gasteiger partial charge on any atom is 0.164 e. The number of anilines is 1. The van der Waals surface area contributed by atoms with Crippen LogP contribution < -0.4 is 4.90 Å². The van der Waals surface area contributed by atoms with Crippen LogP contribution in [0.25, 0.3) is 11.0 Å². The molecule has 0 aliphatic carbocycles. The first-order chi connectivity index (χ1) is 13.1. The summed E-state index contributed by atoms with van der Waals surface area (Å²) in [4.78, 5) is 18.9. The van der Waals surface area contributed by atoms with Crippen molar-refractivity contribution in [3.05, 3.63) is 59.7 Å². The number of piperidine rings is 1. The summed E-state index contributed by atoms with van der Waals surface area (Å²) in [5.74, 6) is 0.458. The Kier molecular flexibility index (Phi) is 4.68. The van der Waals surface area contributed by atoms with Crippen LogP contribution in [-0.4, -0.2) is 28.4 Å². The third kappa shape index (κ3) is 3.11. The quantitative estimate of drug-likeness (QED) is 0.625. The Morgan fingerprint density at radius 3 is 2.59 bits per heavy atom. The summed E-state index contributed by atoms with van der Waals surface area (Å²) in [5, 5.41) is 0. The third-order valence-corrected chi connectivity index (χ3v) is 5.50. The molecule has 0 bridgehead atoms. The number of aryl methyl sites for hydroxylation is 1. The molecule has 0 amide bonds. The number of benzene rings is 2. The minimum absolute atomic E-state index is 0.207. The zero-order chi connectivity index (χ0) is 19.0. The molecule has 0 N–H and O–H groups in total. The number of hydrogen-bond donors (Lipinski definition) is 0. The van der Waals surface area contributed by atoms with E-state index >= 15 is 0 Å². The normalized spacial score (nSPS) is 15.4. The van der Waals surface area contributed by atoms with Gasteiger partial charge in [0.05, 0.1) is 22.3 Å². The molecule has 4 nitrogen and oxygen atoms in total. The van der Waals surface area contributed by atoms with Crippen molar-refractivity contribution >= 4 is 22.5 Å². The molecule has 0 unspecified atom stereocenters. The van der Waals surface area contributed by atoms with E-state index in [0.717, 1.165) is 43.7 Å². The molecule has 1 aliphatic rings. The Labute approximate surface area is 158 Å². The van der Waals surface area contributed by atoms with Crippen LogP contribution in [0.4, 0.5) is 10.1 Å². The SMILES string of the molecule is CCc1nc2ccccc2n1C1CCN(c2cccc(F)c2C(C)=O)CC1. The Morgan fingerprint density at radius 1 is 1.15 bits per heavy atom. The fourth-order valence-electron chi connectivity index (χ4n) is 4.24. The summed E-state index contributed by atoms with van der Waals surface area (Å²) in [6.45, 7) is 5.16. The van der Waals surface area contributed by atoms with E-state index in [0.29, 0.717) is 11.7 Å². The van der Waals surface area contributed by atoms with E-state index in [2.05, 4.69) is 34.6 Å². The highest BCUT2D eigenvalue weighted by Gasteiger charge is 2.26. The molecular weight excluding hydrogens is 341 g/mol. The summed E-state index contributed by atoms with van der Waals surface area (Å²) < 4.78 is 16.5. The van der Waals surface area contributed by atoms with Crippen LogP contribution in [-0.2, 0) is 6.42 Å². The second kappa shape index (κ2) is 7.14. The topological polar surface area (TPSA) is 38.1 Å². The van der Waals surface area contributed by atoms with Gasteiger partial charge in [0.1, 0.15) is 11.6 Å². The number of rotatable bonds is 4. The molecule has 1 aromatic heterocycles. The zero-order valence-electron chi connectivity index (χ0n) is 15.8. The second-order valence-electron chi connectivity index (χ2n) is 7.15. The molecule has 5 heteroatoms. The molecule has 1 saturated heterocycles. The lowest BCUT2D eigenvalue weighted by atomic mass is 10.0. The first kappa shape index (κ1) is 17.7. The Balaban J connectivity index is 1.61. The van der Waals surface area contributed by atoms with Gasteiger partial charge in [-0.3, -0.25) is 4.79 Å². The standard InChI is InChI=1S/C22H24FN3O/c1-3-21-24-18-8-4-5-9-19(18)26(21)16-11-13-25(14-12-16)20-10-6-7-17(23)22(20)15(2)27/h4-10,16H,3,11-14H2,1-2H3. The number of halogens is 1. The van der Waals surface area contributed by atoms with Crippen molar-refractivity contribution in [2.24, 2.45) is 0 Å². The van der Waals surface area contributed by atoms with Crippen LogP contribution in [0.3, 0.4) is 0 Å². The lowest BCUT2D eigenvalue weighted by molar-refractivity contribution is 0.101. The molecule has 140 valence electrons. The van der Waals surface area contributed by atoms with Crippen LogP contribution in [0, 0.1) is 5.82 Å². The average molecular weight is 365 g/mol. The molecule has 1 fully saturated rings. The number of aromatic nitrogens is 2. The second-order valence-corrected chi connectivity index (χ2v) is 7.15. The number of nitrogens with zero attached hydrogens (tertiary/aromatic N) is 3. The number of carbonyl (C=O) groups excluding carboxylic acids is 1. The highest BCUT2D eigenvalue weighted by Crippen LogP contribution is 2.33. The van der Waals surface area contributed by atoms with Crippen LogP contribution in [0.5, 0.6) is 0 Å². The van der Waals surface area contributed by atoms with Crippen molar-refractivity contribution in [3.8, 4) is 0 Å². The van der Waals surface area contributed by atoms with Crippen molar-refractivity contribution in [2.45, 2.75) is 39.2 Å². The predicted octanol–water partition coefficient (Wildman–Crippen LogP) is 4.78. The number of Topliss-reactive ketones (excluding diaryl/α,β-unsaturated/α-hetero) is 1. The maximum atomic E-state index is 14.2. The molecule has 27 heavy (non-hydrogen) atoms. The van der Waals surface area contributed by atoms with E-state index in [9.17, 15) is 9.18 Å². The van der Waals surface area contributed by atoms with E-state index in [-0.39, 0.29) is 11.3 Å². The van der Waals surface area contributed by atoms with E-state index in [1.807, 2.05) is 12.1 Å². The van der Waals surface area contributed by atoms with Crippen molar-refractivity contribution in [1.82, 2.24) is 9.55 Å². The molecule has 1 aliphatic heterocycles. The number of hydrogen-bond acceptors (Lipinski definition) is 3. The monoisotopic (exact) mass is 365 g/mol. The molecule has 2 aromatic carbocycles. The fourth-order valence-corrected chi connectivity index (χ4v) is 4.24. The molecule has 4 rings (SSSR count). The maximum absolute atomic E-state index is 14.2. The number of fused-ring (bicyclic) bond motifs is 1. The van der Waals surface area contributed by atoms with Crippen LogP contribution >= 0.6 is 0 Å². The van der Waals surface area contributed by atoms with Gasteiger partial charge in [0.15, 0.2) is 5.78 Å². The number of carbonyl (C=O) groups is 1. The van der Waals surface area contributed by atoms with Crippen molar-refractivity contribution in [2.75, 3.05) is 18.0 Å². The zero-order valence-corrected chi connectivity index (χ0v) is 15.8. The number of imidazole rings is 1. The van der Waals surface area contributed by atoms with Crippen molar-refractivity contribution in [3.63, 3.8) is 0 Å². The van der Waals surface area contributed by atoms with Gasteiger partial charge in [0, 0.05) is 25.6 Å². The smallest absolute Gasteiger partial charge is 0.164 e. The lowest BCUT2D eigenvalue weighted by Crippen LogP contribution is -2.36. The predicted molar refractivity (Wildman–Crippen MR) is 106 cm³/mol. The molecule has 0 atom stereocenters. The molecule has 0 radical (unpaired) electrons. The Morgan fingerprint density at radius 2 is 1.89 bits per heavy atom. The first-order valence-corrected chi connectivity index (χ1v) is 9.60. The van der Waals surface area contributed by atoms with Gasteiger partial charge in [0.25, 0.3) is 0 Å². The fraction of sp³-hybridized carbons (Fsp3) is 0.364. The van der Waals surface area contributed by atoms with Crippen LogP contribution in [0.2, 0.25) is 0 Å². The number of para-hydroxylation sites is 2. The van der Waals surface area contributed by atoms with E-state index in [1.165, 1.54) is 18.5 Å². The van der Waals surface area contributed by atoms with E-state index in [1.54, 1.807) is 6.07 Å². The van der Waals surface area contributed by atoms with Gasteiger partial charge in [-0.2, -0.15) is 0 Å².